The fourth-order valence-electron chi connectivity index (χ4n) is 1.16. The van der Waals surface area contributed by atoms with E-state index in [1.165, 1.54) is 0 Å². The first-order valence-corrected chi connectivity index (χ1v) is 4.08. The maximum Gasteiger partial charge on any atom is 0.148 e. The molecule has 12 heavy (non-hydrogen) atoms. The van der Waals surface area contributed by atoms with Gasteiger partial charge in [0.05, 0.1) is 5.69 Å². The SMILES string of the molecule is Cc1cc(C(C)C)cc(N)c1F. The smallest absolute Gasteiger partial charge is 0.148 e. The molecule has 1 rings (SSSR count). The molecule has 0 fully saturated rings. The largest absolute Gasteiger partial charge is 0.396 e. The highest BCUT2D eigenvalue weighted by Crippen LogP contribution is 2.22. The quantitative estimate of drug-likeness (QED) is 0.639. The molecule has 2 N–H and O–H groups in total. The summed E-state index contributed by atoms with van der Waals surface area (Å²) in [6, 6.07) is 3.54. The molecule has 0 unspecified atom stereocenters. The summed E-state index contributed by atoms with van der Waals surface area (Å²) in [6.45, 7) is 5.86. The van der Waals surface area contributed by atoms with Crippen molar-refractivity contribution in [3.8, 4) is 0 Å². The molecule has 1 nitrogen and oxygen atoms in total. The van der Waals surface area contributed by atoms with Gasteiger partial charge in [-0.1, -0.05) is 19.9 Å². The van der Waals surface area contributed by atoms with Crippen LogP contribution in [0.1, 0.15) is 30.9 Å². The van der Waals surface area contributed by atoms with Gasteiger partial charge in [-0.3, -0.25) is 0 Å². The van der Waals surface area contributed by atoms with Crippen LogP contribution in [0.25, 0.3) is 0 Å². The van der Waals surface area contributed by atoms with Crippen molar-refractivity contribution in [2.75, 3.05) is 5.73 Å². The van der Waals surface area contributed by atoms with Gasteiger partial charge >= 0.3 is 0 Å². The minimum atomic E-state index is -0.292. The molecule has 0 bridgehead atoms. The fraction of sp³-hybridized carbons (Fsp3) is 0.400. The second-order valence-corrected chi connectivity index (χ2v) is 3.40. The maximum absolute atomic E-state index is 13.0. The second kappa shape index (κ2) is 3.13. The topological polar surface area (TPSA) is 26.0 Å². The summed E-state index contributed by atoms with van der Waals surface area (Å²) in [5, 5.41) is 0. The Morgan fingerprint density at radius 1 is 1.33 bits per heavy atom. The van der Waals surface area contributed by atoms with E-state index in [-0.39, 0.29) is 11.5 Å². The Bertz CT molecular complexity index is 269. The molecule has 0 radical (unpaired) electrons. The van der Waals surface area contributed by atoms with E-state index >= 15 is 0 Å². The van der Waals surface area contributed by atoms with Gasteiger partial charge in [0.15, 0.2) is 0 Å². The van der Waals surface area contributed by atoms with E-state index in [1.54, 1.807) is 13.0 Å². The van der Waals surface area contributed by atoms with Crippen molar-refractivity contribution in [1.29, 1.82) is 0 Å². The van der Waals surface area contributed by atoms with Crippen LogP contribution in [0.3, 0.4) is 0 Å². The summed E-state index contributed by atoms with van der Waals surface area (Å²) >= 11 is 0. The molecule has 0 aromatic heterocycles. The van der Waals surface area contributed by atoms with Crippen molar-refractivity contribution in [2.45, 2.75) is 26.7 Å². The van der Waals surface area contributed by atoms with Crippen molar-refractivity contribution < 1.29 is 4.39 Å². The molecule has 0 saturated heterocycles. The molecule has 2 heteroatoms. The van der Waals surface area contributed by atoms with Crippen LogP contribution in [0.15, 0.2) is 12.1 Å². The fourth-order valence-corrected chi connectivity index (χ4v) is 1.16. The van der Waals surface area contributed by atoms with Gasteiger partial charge in [0.2, 0.25) is 0 Å². The number of aryl methyl sites for hydroxylation is 1. The van der Waals surface area contributed by atoms with Crippen LogP contribution in [0, 0.1) is 12.7 Å². The number of halogens is 1. The van der Waals surface area contributed by atoms with E-state index in [4.69, 9.17) is 5.73 Å². The Morgan fingerprint density at radius 3 is 2.33 bits per heavy atom. The van der Waals surface area contributed by atoms with Crippen LogP contribution in [0.5, 0.6) is 0 Å². The highest BCUT2D eigenvalue weighted by atomic mass is 19.1. The maximum atomic E-state index is 13.0. The molecule has 0 amide bonds. The molecule has 0 aliphatic heterocycles. The average molecular weight is 167 g/mol. The van der Waals surface area contributed by atoms with Gasteiger partial charge in [0, 0.05) is 0 Å². The van der Waals surface area contributed by atoms with Crippen LogP contribution < -0.4 is 5.73 Å². The first-order chi connectivity index (χ1) is 5.52. The van der Waals surface area contributed by atoms with Crippen molar-refractivity contribution in [2.24, 2.45) is 0 Å². The monoisotopic (exact) mass is 167 g/mol. The Labute approximate surface area is 72.4 Å². The van der Waals surface area contributed by atoms with Crippen LogP contribution >= 0.6 is 0 Å². The van der Waals surface area contributed by atoms with Gasteiger partial charge < -0.3 is 5.73 Å². The van der Waals surface area contributed by atoms with Crippen molar-refractivity contribution in [1.82, 2.24) is 0 Å². The Morgan fingerprint density at radius 2 is 1.92 bits per heavy atom. The first kappa shape index (κ1) is 9.04. The summed E-state index contributed by atoms with van der Waals surface area (Å²) in [4.78, 5) is 0. The second-order valence-electron chi connectivity index (χ2n) is 3.40. The van der Waals surface area contributed by atoms with Crippen LogP contribution in [0.4, 0.5) is 10.1 Å². The standard InChI is InChI=1S/C10H14FN/c1-6(2)8-4-7(3)10(11)9(12)5-8/h4-6H,12H2,1-3H3. The average Bonchev–Trinajstić information content (AvgIpc) is 1.99. The number of hydrogen-bond donors (Lipinski definition) is 1. The highest BCUT2D eigenvalue weighted by molar-refractivity contribution is 5.46. The molecule has 1 aromatic rings. The summed E-state index contributed by atoms with van der Waals surface area (Å²) in [5.74, 6) is 0.103. The van der Waals surface area contributed by atoms with E-state index in [1.807, 2.05) is 6.07 Å². The van der Waals surface area contributed by atoms with Gasteiger partial charge in [-0.25, -0.2) is 4.39 Å². The zero-order chi connectivity index (χ0) is 9.30. The molecule has 0 aliphatic rings. The lowest BCUT2D eigenvalue weighted by Crippen LogP contribution is -1.97. The lowest BCUT2D eigenvalue weighted by atomic mass is 10.00. The lowest BCUT2D eigenvalue weighted by molar-refractivity contribution is 0.621. The molecule has 0 spiro atoms. The van der Waals surface area contributed by atoms with E-state index in [9.17, 15) is 4.39 Å². The van der Waals surface area contributed by atoms with E-state index < -0.39 is 0 Å². The Hall–Kier alpha value is -1.05. The van der Waals surface area contributed by atoms with Crippen molar-refractivity contribution in [3.05, 3.63) is 29.1 Å². The minimum Gasteiger partial charge on any atom is -0.396 e. The number of hydrogen-bond acceptors (Lipinski definition) is 1. The Kier molecular flexibility index (Phi) is 2.36. The van der Waals surface area contributed by atoms with Crippen LogP contribution in [0.2, 0.25) is 0 Å². The third-order valence-electron chi connectivity index (χ3n) is 1.97. The summed E-state index contributed by atoms with van der Waals surface area (Å²) in [5.41, 5.74) is 7.45. The number of nitrogens with two attached hydrogens (primary N) is 1. The summed E-state index contributed by atoms with van der Waals surface area (Å²) < 4.78 is 13.0. The lowest BCUT2D eigenvalue weighted by Gasteiger charge is -2.08. The predicted molar refractivity (Wildman–Crippen MR) is 49.6 cm³/mol. The van der Waals surface area contributed by atoms with Crippen LogP contribution in [-0.2, 0) is 0 Å². The molecular formula is C10H14FN. The van der Waals surface area contributed by atoms with Gasteiger partial charge in [-0.2, -0.15) is 0 Å². The molecule has 0 aliphatic carbocycles. The number of benzene rings is 1. The number of rotatable bonds is 1. The predicted octanol–water partition coefficient (Wildman–Crippen LogP) is 2.84. The van der Waals surface area contributed by atoms with Gasteiger partial charge in [-0.05, 0) is 30.0 Å². The minimum absolute atomic E-state index is 0.249. The molecule has 0 heterocycles. The molecular weight excluding hydrogens is 153 g/mol. The van der Waals surface area contributed by atoms with E-state index in [0.29, 0.717) is 11.5 Å². The first-order valence-electron chi connectivity index (χ1n) is 4.08. The molecule has 66 valence electrons. The molecule has 0 saturated carbocycles. The summed E-state index contributed by atoms with van der Waals surface area (Å²) in [7, 11) is 0. The zero-order valence-electron chi connectivity index (χ0n) is 7.69. The Balaban J connectivity index is 3.21. The van der Waals surface area contributed by atoms with Crippen LogP contribution in [-0.4, -0.2) is 0 Å². The highest BCUT2D eigenvalue weighted by Gasteiger charge is 2.06. The van der Waals surface area contributed by atoms with Crippen molar-refractivity contribution >= 4 is 5.69 Å². The van der Waals surface area contributed by atoms with E-state index in [2.05, 4.69) is 13.8 Å². The third-order valence-corrected chi connectivity index (χ3v) is 1.97. The summed E-state index contributed by atoms with van der Waals surface area (Å²) in [6.07, 6.45) is 0. The third kappa shape index (κ3) is 1.58. The van der Waals surface area contributed by atoms with Gasteiger partial charge in [0.25, 0.3) is 0 Å². The number of nitrogen functional groups attached to an aromatic ring is 1. The molecule has 0 atom stereocenters. The van der Waals surface area contributed by atoms with E-state index in [0.717, 1.165) is 5.56 Å². The van der Waals surface area contributed by atoms with Gasteiger partial charge in [0.1, 0.15) is 5.82 Å². The normalized spacial score (nSPS) is 10.8. The zero-order valence-corrected chi connectivity index (χ0v) is 7.69. The number of anilines is 1. The molecule has 1 aromatic carbocycles. The van der Waals surface area contributed by atoms with Gasteiger partial charge in [-0.15, -0.1) is 0 Å². The van der Waals surface area contributed by atoms with Crippen molar-refractivity contribution in [3.63, 3.8) is 0 Å².